The molecule has 0 saturated heterocycles. The number of ether oxygens (including phenoxy) is 1. The molecule has 0 bridgehead atoms. The minimum Gasteiger partial charge on any atom is -0.381 e. The van der Waals surface area contributed by atoms with E-state index in [4.69, 9.17) is 39.5 Å². The Hall–Kier alpha value is -1.71. The van der Waals surface area contributed by atoms with Crippen LogP contribution in [0.1, 0.15) is 30.0 Å². The fourth-order valence-corrected chi connectivity index (χ4v) is 3.60. The number of hydrogen-bond donors (Lipinski definition) is 3. The number of halogens is 6. The average molecular weight is 528 g/mol. The fraction of sp³-hybridized carbons (Fsp3) is 0.409. The van der Waals surface area contributed by atoms with E-state index in [2.05, 4.69) is 10.6 Å². The molecule has 3 N–H and O–H groups in total. The van der Waals surface area contributed by atoms with Crippen LogP contribution in [-0.4, -0.2) is 36.9 Å². The summed E-state index contributed by atoms with van der Waals surface area (Å²) in [5.41, 5.74) is -1.93. The maximum atomic E-state index is 13.8. The lowest BCUT2D eigenvalue weighted by atomic mass is 9.92. The number of alkyl halides is 3. The van der Waals surface area contributed by atoms with Gasteiger partial charge in [-0.3, -0.25) is 4.79 Å². The quantitative estimate of drug-likeness (QED) is 0.357. The van der Waals surface area contributed by atoms with Gasteiger partial charge in [0.15, 0.2) is 0 Å². The van der Waals surface area contributed by atoms with Crippen LogP contribution in [0.2, 0.25) is 15.1 Å². The number of aliphatic hydroxyl groups is 1. The third-order valence-corrected chi connectivity index (χ3v) is 6.37. The Bertz CT molecular complexity index is 982. The SMILES string of the molecule is CO[C@H](C)CC(=O)NCc1ccc(NC[C@](O)(c2cc(Cl)c(Cl)c(Cl)c2)C(F)(F)F)cc1C. The van der Waals surface area contributed by atoms with Gasteiger partial charge in [0, 0.05) is 19.3 Å². The smallest absolute Gasteiger partial charge is 0.381 e. The number of rotatable bonds is 9. The first-order valence-electron chi connectivity index (χ1n) is 9.85. The van der Waals surface area contributed by atoms with E-state index in [1.54, 1.807) is 32.0 Å². The Labute approximate surface area is 205 Å². The van der Waals surface area contributed by atoms with E-state index in [1.807, 2.05) is 0 Å². The van der Waals surface area contributed by atoms with Crippen LogP contribution in [0.3, 0.4) is 0 Å². The first-order chi connectivity index (χ1) is 15.3. The minimum atomic E-state index is -5.03. The van der Waals surface area contributed by atoms with Crippen molar-refractivity contribution in [1.29, 1.82) is 0 Å². The summed E-state index contributed by atoms with van der Waals surface area (Å²) in [5.74, 6) is -0.179. The molecule has 0 aliphatic carbocycles. The van der Waals surface area contributed by atoms with Gasteiger partial charge in [-0.2, -0.15) is 13.2 Å². The maximum absolute atomic E-state index is 13.8. The number of hydrogen-bond acceptors (Lipinski definition) is 4. The largest absolute Gasteiger partial charge is 0.423 e. The minimum absolute atomic E-state index is 0.102. The zero-order valence-electron chi connectivity index (χ0n) is 18.1. The van der Waals surface area contributed by atoms with Crippen molar-refractivity contribution in [3.63, 3.8) is 0 Å². The standard InChI is InChI=1S/C22H24Cl3F3N2O3/c1-12-6-16(5-4-14(12)10-29-19(31)7-13(2)33-3)30-11-21(32,22(26,27)28)15-8-17(23)20(25)18(24)9-15/h4-6,8-9,13,30,32H,7,10-11H2,1-3H3,(H,29,31)/t13-,21+/m1/s1. The van der Waals surface area contributed by atoms with Gasteiger partial charge in [0.2, 0.25) is 11.5 Å². The van der Waals surface area contributed by atoms with Gasteiger partial charge < -0.3 is 20.5 Å². The van der Waals surface area contributed by atoms with Crippen LogP contribution >= 0.6 is 34.8 Å². The molecule has 0 heterocycles. The second kappa shape index (κ2) is 11.1. The van der Waals surface area contributed by atoms with E-state index >= 15 is 0 Å². The lowest BCUT2D eigenvalue weighted by Gasteiger charge is -2.32. The zero-order valence-corrected chi connectivity index (χ0v) is 20.4. The van der Waals surface area contributed by atoms with Crippen molar-refractivity contribution in [2.24, 2.45) is 0 Å². The van der Waals surface area contributed by atoms with Crippen LogP contribution < -0.4 is 10.6 Å². The van der Waals surface area contributed by atoms with Gasteiger partial charge in [-0.1, -0.05) is 40.9 Å². The van der Waals surface area contributed by atoms with Crippen LogP contribution in [0.15, 0.2) is 30.3 Å². The number of nitrogens with one attached hydrogen (secondary N) is 2. The highest BCUT2D eigenvalue weighted by Gasteiger charge is 2.55. The molecule has 2 aromatic rings. The summed E-state index contributed by atoms with van der Waals surface area (Å²) in [6, 6.07) is 6.74. The molecule has 0 aliphatic heterocycles. The van der Waals surface area contributed by atoms with Crippen LogP contribution in [0, 0.1) is 6.92 Å². The normalized spacial score (nSPS) is 14.5. The summed E-state index contributed by atoms with van der Waals surface area (Å²) >= 11 is 17.6. The van der Waals surface area contributed by atoms with E-state index in [1.165, 1.54) is 7.11 Å². The summed E-state index contributed by atoms with van der Waals surface area (Å²) in [7, 11) is 1.52. The fourth-order valence-electron chi connectivity index (χ4n) is 3.00. The summed E-state index contributed by atoms with van der Waals surface area (Å²) in [4.78, 5) is 11.9. The summed E-state index contributed by atoms with van der Waals surface area (Å²) < 4.78 is 46.6. The van der Waals surface area contributed by atoms with Crippen molar-refractivity contribution in [3.05, 3.63) is 62.1 Å². The molecule has 2 rings (SSSR count). The van der Waals surface area contributed by atoms with E-state index < -0.39 is 23.9 Å². The molecule has 0 aromatic heterocycles. The zero-order chi connectivity index (χ0) is 25.0. The predicted octanol–water partition coefficient (Wildman–Crippen LogP) is 5.86. The monoisotopic (exact) mass is 526 g/mol. The Morgan fingerprint density at radius 3 is 2.27 bits per heavy atom. The molecular formula is C22H24Cl3F3N2O3. The maximum Gasteiger partial charge on any atom is 0.423 e. The molecule has 0 aliphatic rings. The first-order valence-corrected chi connectivity index (χ1v) is 11.0. The van der Waals surface area contributed by atoms with Crippen molar-refractivity contribution in [1.82, 2.24) is 5.32 Å². The lowest BCUT2D eigenvalue weighted by Crippen LogP contribution is -2.47. The highest BCUT2D eigenvalue weighted by molar-refractivity contribution is 6.48. The number of anilines is 1. The number of benzene rings is 2. The van der Waals surface area contributed by atoms with Gasteiger partial charge in [0.25, 0.3) is 0 Å². The third-order valence-electron chi connectivity index (χ3n) is 5.17. The Balaban J connectivity index is 2.16. The molecule has 0 saturated carbocycles. The Morgan fingerprint density at radius 1 is 1.15 bits per heavy atom. The number of carbonyl (C=O) groups is 1. The van der Waals surface area contributed by atoms with Crippen molar-refractivity contribution in [3.8, 4) is 0 Å². The molecule has 0 spiro atoms. The van der Waals surface area contributed by atoms with Crippen molar-refractivity contribution < 1.29 is 27.8 Å². The summed E-state index contributed by atoms with van der Waals surface area (Å²) in [6.45, 7) is 2.91. The van der Waals surface area contributed by atoms with Gasteiger partial charge in [0.05, 0.1) is 34.1 Å². The van der Waals surface area contributed by atoms with Gasteiger partial charge in [-0.15, -0.1) is 0 Å². The topological polar surface area (TPSA) is 70.6 Å². The summed E-state index contributed by atoms with van der Waals surface area (Å²) in [6.07, 6.45) is -5.03. The average Bonchev–Trinajstić information content (AvgIpc) is 2.73. The van der Waals surface area contributed by atoms with Crippen LogP contribution in [0.5, 0.6) is 0 Å². The number of carbonyl (C=O) groups excluding carboxylic acids is 1. The molecule has 1 amide bonds. The second-order valence-corrected chi connectivity index (χ2v) is 8.83. The van der Waals surface area contributed by atoms with Gasteiger partial charge in [-0.05, 0) is 54.8 Å². The van der Waals surface area contributed by atoms with Crippen LogP contribution in [0.25, 0.3) is 0 Å². The van der Waals surface area contributed by atoms with Crippen LogP contribution in [0.4, 0.5) is 18.9 Å². The molecule has 5 nitrogen and oxygen atoms in total. The Kier molecular flexibility index (Phi) is 9.30. The van der Waals surface area contributed by atoms with Gasteiger partial charge in [-0.25, -0.2) is 0 Å². The highest BCUT2D eigenvalue weighted by Crippen LogP contribution is 2.43. The third kappa shape index (κ3) is 6.90. The predicted molar refractivity (Wildman–Crippen MR) is 124 cm³/mol. The number of methoxy groups -OCH3 is 1. The van der Waals surface area contributed by atoms with Crippen LogP contribution in [-0.2, 0) is 21.7 Å². The highest BCUT2D eigenvalue weighted by atomic mass is 35.5. The van der Waals surface area contributed by atoms with E-state index in [9.17, 15) is 23.1 Å². The molecule has 182 valence electrons. The van der Waals surface area contributed by atoms with Gasteiger partial charge >= 0.3 is 6.18 Å². The van der Waals surface area contributed by atoms with Crippen molar-refractivity contribution >= 4 is 46.4 Å². The van der Waals surface area contributed by atoms with Gasteiger partial charge in [0.1, 0.15) is 0 Å². The second-order valence-electron chi connectivity index (χ2n) is 7.63. The van der Waals surface area contributed by atoms with E-state index in [0.717, 1.165) is 23.3 Å². The molecule has 33 heavy (non-hydrogen) atoms. The molecular weight excluding hydrogens is 504 g/mol. The van der Waals surface area contributed by atoms with Crippen molar-refractivity contribution in [2.75, 3.05) is 19.0 Å². The number of aryl methyl sites for hydroxylation is 1. The lowest BCUT2D eigenvalue weighted by molar-refractivity contribution is -0.260. The number of amides is 1. The first kappa shape index (κ1) is 27.5. The molecule has 2 aromatic carbocycles. The van der Waals surface area contributed by atoms with E-state index in [0.29, 0.717) is 5.69 Å². The molecule has 0 radical (unpaired) electrons. The molecule has 0 unspecified atom stereocenters. The van der Waals surface area contributed by atoms with Crippen molar-refractivity contribution in [2.45, 2.75) is 44.7 Å². The van der Waals surface area contributed by atoms with E-state index in [-0.39, 0.29) is 40.0 Å². The Morgan fingerprint density at radius 2 is 1.76 bits per heavy atom. The molecule has 11 heteroatoms. The molecule has 0 fully saturated rings. The summed E-state index contributed by atoms with van der Waals surface area (Å²) in [5, 5.41) is 15.5. The molecule has 2 atom stereocenters.